The van der Waals surface area contributed by atoms with Crippen LogP contribution in [0.25, 0.3) is 0 Å². The molecule has 0 radical (unpaired) electrons. The molecule has 1 fully saturated rings. The van der Waals surface area contributed by atoms with E-state index in [2.05, 4.69) is 15.6 Å². The molecule has 2 N–H and O–H groups in total. The molecule has 1 rings (SSSR count). The summed E-state index contributed by atoms with van der Waals surface area (Å²) in [5.41, 5.74) is -0.447. The number of carbonyl (C=O) groups is 1. The van der Waals surface area contributed by atoms with E-state index in [1.165, 1.54) is 0 Å². The summed E-state index contributed by atoms with van der Waals surface area (Å²) in [4.78, 5) is 18.2. The molecule has 1 heterocycles. The molecule has 6 heteroatoms. The van der Waals surface area contributed by atoms with Gasteiger partial charge in [0.2, 0.25) is 0 Å². The number of nitrogens with one attached hydrogen (secondary N) is 2. The number of carbonyl (C=O) groups excluding carboxylic acids is 1. The quantitative estimate of drug-likeness (QED) is 0.597. The molecule has 1 atom stereocenters. The van der Waals surface area contributed by atoms with Crippen LogP contribution >= 0.6 is 0 Å². The van der Waals surface area contributed by atoms with Gasteiger partial charge in [0, 0.05) is 32.7 Å². The molecule has 1 saturated heterocycles. The van der Waals surface area contributed by atoms with Crippen molar-refractivity contribution in [1.29, 1.82) is 0 Å². The molecule has 1 aliphatic heterocycles. The fraction of sp³-hybridized carbons (Fsp3) is 0.857. The molecule has 0 aromatic carbocycles. The van der Waals surface area contributed by atoms with Crippen LogP contribution in [-0.4, -0.2) is 55.3 Å². The maximum atomic E-state index is 12.1. The Labute approximate surface area is 122 Å². The molecule has 0 unspecified atom stereocenters. The lowest BCUT2D eigenvalue weighted by atomic mass is 10.1. The number of guanidine groups is 1. The van der Waals surface area contributed by atoms with Crippen molar-refractivity contribution in [1.82, 2.24) is 15.5 Å². The lowest BCUT2D eigenvalue weighted by Crippen LogP contribution is -2.52. The lowest BCUT2D eigenvalue weighted by Gasteiger charge is -2.34. The summed E-state index contributed by atoms with van der Waals surface area (Å²) in [6, 6.07) is 0.217. The van der Waals surface area contributed by atoms with Crippen LogP contribution in [0.1, 0.15) is 40.5 Å². The summed E-state index contributed by atoms with van der Waals surface area (Å²) in [5.74, 6) is 0.781. The van der Waals surface area contributed by atoms with Gasteiger partial charge in [-0.15, -0.1) is 0 Å². The van der Waals surface area contributed by atoms with Gasteiger partial charge < -0.3 is 20.3 Å². The van der Waals surface area contributed by atoms with E-state index in [-0.39, 0.29) is 12.1 Å². The molecule has 0 spiro atoms. The largest absolute Gasteiger partial charge is 0.444 e. The Bertz CT molecular complexity index is 350. The molecule has 20 heavy (non-hydrogen) atoms. The van der Waals surface area contributed by atoms with Crippen molar-refractivity contribution in [3.63, 3.8) is 0 Å². The van der Waals surface area contributed by atoms with Crippen molar-refractivity contribution in [2.45, 2.75) is 52.2 Å². The summed E-state index contributed by atoms with van der Waals surface area (Å²) >= 11 is 0. The van der Waals surface area contributed by atoms with Crippen molar-refractivity contribution in [2.24, 2.45) is 4.99 Å². The molecule has 1 aliphatic rings. The van der Waals surface area contributed by atoms with E-state index in [0.29, 0.717) is 6.54 Å². The fourth-order valence-electron chi connectivity index (χ4n) is 2.14. The van der Waals surface area contributed by atoms with Crippen molar-refractivity contribution in [3.05, 3.63) is 0 Å². The van der Waals surface area contributed by atoms with Crippen molar-refractivity contribution < 1.29 is 9.53 Å². The molecule has 0 aliphatic carbocycles. The summed E-state index contributed by atoms with van der Waals surface area (Å²) in [6.07, 6.45) is 1.77. The van der Waals surface area contributed by atoms with Gasteiger partial charge in [-0.05, 0) is 40.5 Å². The van der Waals surface area contributed by atoms with Crippen LogP contribution in [0.4, 0.5) is 4.79 Å². The van der Waals surface area contributed by atoms with Crippen LogP contribution in [0.15, 0.2) is 4.99 Å². The van der Waals surface area contributed by atoms with Gasteiger partial charge in [-0.2, -0.15) is 0 Å². The highest BCUT2D eigenvalue weighted by Gasteiger charge is 2.27. The van der Waals surface area contributed by atoms with Crippen LogP contribution in [0.3, 0.4) is 0 Å². The van der Waals surface area contributed by atoms with Crippen LogP contribution in [0.2, 0.25) is 0 Å². The van der Waals surface area contributed by atoms with Gasteiger partial charge in [0.25, 0.3) is 0 Å². The summed E-state index contributed by atoms with van der Waals surface area (Å²) in [5, 5.41) is 6.38. The van der Waals surface area contributed by atoms with Crippen LogP contribution in [-0.2, 0) is 4.74 Å². The van der Waals surface area contributed by atoms with Crippen LogP contribution < -0.4 is 10.6 Å². The molecule has 0 aromatic rings. The number of ether oxygens (including phenoxy) is 1. The Hall–Kier alpha value is -1.46. The van der Waals surface area contributed by atoms with Crippen molar-refractivity contribution >= 4 is 12.1 Å². The molecule has 0 saturated carbocycles. The first-order valence-corrected chi connectivity index (χ1v) is 7.32. The first kappa shape index (κ1) is 16.6. The van der Waals surface area contributed by atoms with E-state index in [9.17, 15) is 4.79 Å². The highest BCUT2D eigenvalue weighted by molar-refractivity contribution is 5.80. The second-order valence-electron chi connectivity index (χ2n) is 5.98. The molecule has 116 valence electrons. The number of hydrogen-bond acceptors (Lipinski definition) is 3. The zero-order valence-electron chi connectivity index (χ0n) is 13.3. The van der Waals surface area contributed by atoms with E-state index in [1.807, 2.05) is 34.7 Å². The SMILES string of the molecule is CC/N=C(\NC)N[C@H]1CCCN(C(=O)OC(C)(C)C)C1. The number of amides is 1. The van der Waals surface area contributed by atoms with Gasteiger partial charge >= 0.3 is 6.09 Å². The molecule has 6 nitrogen and oxygen atoms in total. The average Bonchev–Trinajstić information content (AvgIpc) is 2.36. The first-order chi connectivity index (χ1) is 9.35. The number of hydrogen-bond donors (Lipinski definition) is 2. The number of nitrogens with zero attached hydrogens (tertiary/aromatic N) is 2. The summed E-state index contributed by atoms with van der Waals surface area (Å²) in [6.45, 7) is 9.79. The smallest absolute Gasteiger partial charge is 0.410 e. The van der Waals surface area contributed by atoms with Crippen molar-refractivity contribution in [3.8, 4) is 0 Å². The van der Waals surface area contributed by atoms with E-state index in [1.54, 1.807) is 4.90 Å². The van der Waals surface area contributed by atoms with Gasteiger partial charge in [0.1, 0.15) is 5.60 Å². The zero-order chi connectivity index (χ0) is 15.2. The Morgan fingerprint density at radius 1 is 1.45 bits per heavy atom. The third-order valence-electron chi connectivity index (χ3n) is 2.97. The third kappa shape index (κ3) is 5.67. The van der Waals surface area contributed by atoms with Crippen LogP contribution in [0.5, 0.6) is 0 Å². The monoisotopic (exact) mass is 284 g/mol. The van der Waals surface area contributed by atoms with Gasteiger partial charge in [-0.1, -0.05) is 0 Å². The summed E-state index contributed by atoms with van der Waals surface area (Å²) in [7, 11) is 1.84. The van der Waals surface area contributed by atoms with E-state index >= 15 is 0 Å². The second-order valence-corrected chi connectivity index (χ2v) is 5.98. The highest BCUT2D eigenvalue weighted by Crippen LogP contribution is 2.15. The third-order valence-corrected chi connectivity index (χ3v) is 2.97. The van der Waals surface area contributed by atoms with Gasteiger partial charge in [0.15, 0.2) is 5.96 Å². The van der Waals surface area contributed by atoms with Gasteiger partial charge in [-0.3, -0.25) is 4.99 Å². The Morgan fingerprint density at radius 2 is 2.15 bits per heavy atom. The standard InChI is InChI=1S/C14H28N4O2/c1-6-16-12(15-5)17-11-8-7-9-18(10-11)13(19)20-14(2,3)4/h11H,6-10H2,1-5H3,(H2,15,16,17)/t11-/m0/s1. The predicted octanol–water partition coefficient (Wildman–Crippen LogP) is 1.57. The maximum Gasteiger partial charge on any atom is 0.410 e. The normalized spacial score (nSPS) is 20.6. The minimum atomic E-state index is -0.447. The Morgan fingerprint density at radius 3 is 2.70 bits per heavy atom. The zero-order valence-corrected chi connectivity index (χ0v) is 13.3. The Balaban J connectivity index is 2.54. The molecular formula is C14H28N4O2. The van der Waals surface area contributed by atoms with Crippen LogP contribution in [0, 0.1) is 0 Å². The van der Waals surface area contributed by atoms with E-state index in [0.717, 1.165) is 31.9 Å². The highest BCUT2D eigenvalue weighted by atomic mass is 16.6. The Kier molecular flexibility index (Phi) is 6.10. The molecular weight excluding hydrogens is 256 g/mol. The minimum absolute atomic E-state index is 0.217. The fourth-order valence-corrected chi connectivity index (χ4v) is 2.14. The van der Waals surface area contributed by atoms with Gasteiger partial charge in [-0.25, -0.2) is 4.79 Å². The average molecular weight is 284 g/mol. The van der Waals surface area contributed by atoms with Gasteiger partial charge in [0.05, 0.1) is 0 Å². The van der Waals surface area contributed by atoms with Crippen molar-refractivity contribution in [2.75, 3.05) is 26.7 Å². The van der Waals surface area contributed by atoms with E-state index in [4.69, 9.17) is 4.74 Å². The minimum Gasteiger partial charge on any atom is -0.444 e. The number of piperidine rings is 1. The lowest BCUT2D eigenvalue weighted by molar-refractivity contribution is 0.0194. The topological polar surface area (TPSA) is 66.0 Å². The number of rotatable bonds is 2. The first-order valence-electron chi connectivity index (χ1n) is 7.32. The second kappa shape index (κ2) is 7.36. The predicted molar refractivity (Wildman–Crippen MR) is 81.0 cm³/mol. The number of likely N-dealkylation sites (tertiary alicyclic amines) is 1. The molecule has 1 amide bonds. The molecule has 0 bridgehead atoms. The molecule has 0 aromatic heterocycles. The maximum absolute atomic E-state index is 12.1. The van der Waals surface area contributed by atoms with E-state index < -0.39 is 5.60 Å². The summed E-state index contributed by atoms with van der Waals surface area (Å²) < 4.78 is 5.42. The number of aliphatic imine (C=N–C) groups is 1.